The van der Waals surface area contributed by atoms with Crippen LogP contribution in [0.25, 0.3) is 10.9 Å². The van der Waals surface area contributed by atoms with Gasteiger partial charge in [-0.15, -0.1) is 0 Å². The number of carbonyl (C=O) groups excluding carboxylic acids is 3. The Morgan fingerprint density at radius 2 is 1.94 bits per heavy atom. The van der Waals surface area contributed by atoms with E-state index in [0.717, 1.165) is 11.7 Å². The molecular weight excluding hydrogens is 438 g/mol. The molecule has 2 atom stereocenters. The van der Waals surface area contributed by atoms with Crippen molar-refractivity contribution < 1.29 is 23.2 Å². The number of Topliss-reactive ketones (excluding diaryl/α,β-unsaturated/α-hetero) is 1. The van der Waals surface area contributed by atoms with Crippen LogP contribution in [0.3, 0.4) is 0 Å². The lowest BCUT2D eigenvalue weighted by molar-refractivity contribution is -0.138. The molecule has 8 heteroatoms. The van der Waals surface area contributed by atoms with Gasteiger partial charge in [0.15, 0.2) is 12.1 Å². The monoisotopic (exact) mass is 458 g/mol. The molecule has 0 saturated carbocycles. The molecule has 0 radical (unpaired) electrons. The van der Waals surface area contributed by atoms with Crippen molar-refractivity contribution in [1.82, 2.24) is 9.47 Å². The number of rotatable bonds is 7. The van der Waals surface area contributed by atoms with Gasteiger partial charge in [0, 0.05) is 35.5 Å². The van der Waals surface area contributed by atoms with Gasteiger partial charge >= 0.3 is 0 Å². The Bertz CT molecular complexity index is 1190. The van der Waals surface area contributed by atoms with Crippen LogP contribution in [0.1, 0.15) is 28.8 Å². The number of hydrogen-bond acceptors (Lipinski definition) is 3. The fourth-order valence-electron chi connectivity index (χ4n) is 4.27. The Labute approximate surface area is 188 Å². The zero-order valence-electron chi connectivity index (χ0n) is 17.1. The van der Waals surface area contributed by atoms with Crippen molar-refractivity contribution in [3.05, 3.63) is 70.6 Å². The van der Waals surface area contributed by atoms with Gasteiger partial charge in [-0.05, 0) is 24.1 Å². The van der Waals surface area contributed by atoms with E-state index in [1.165, 1.54) is 11.0 Å². The minimum Gasteiger partial charge on any atom is -0.337 e. The number of halogens is 3. The first-order chi connectivity index (χ1) is 15.4. The highest BCUT2D eigenvalue weighted by Gasteiger charge is 2.39. The Morgan fingerprint density at radius 3 is 2.72 bits per heavy atom. The Hall–Kier alpha value is -3.06. The van der Waals surface area contributed by atoms with E-state index in [2.05, 4.69) is 0 Å². The predicted octanol–water partition coefficient (Wildman–Crippen LogP) is 4.39. The average molecular weight is 459 g/mol. The van der Waals surface area contributed by atoms with Crippen LogP contribution < -0.4 is 0 Å². The van der Waals surface area contributed by atoms with Gasteiger partial charge in [0.25, 0.3) is 0 Å². The maximum Gasteiger partial charge on any atom is 0.243 e. The lowest BCUT2D eigenvalue weighted by Gasteiger charge is -2.24. The number of benzene rings is 2. The molecule has 4 rings (SSSR count). The minimum absolute atomic E-state index is 0.0231. The first-order valence-electron chi connectivity index (χ1n) is 10.3. The largest absolute Gasteiger partial charge is 0.337 e. The summed E-state index contributed by atoms with van der Waals surface area (Å²) in [6.07, 6.45) is 1.01. The van der Waals surface area contributed by atoms with Crippen molar-refractivity contribution in [3.63, 3.8) is 0 Å². The maximum absolute atomic E-state index is 14.2. The standard InChI is InChI=1S/C24H21ClF2N2O3/c25-19-6-3-4-15(24(19)27)8-9-22(31)21-10-17(26)12-29(21)23(32)13-28-11-16(14-30)18-5-1-2-7-20(18)28/h1-7,11,14,17,21H,8-10,12-13H2/t17-,21+/m1/s1. The summed E-state index contributed by atoms with van der Waals surface area (Å²) in [7, 11) is 0. The van der Waals surface area contributed by atoms with E-state index < -0.39 is 23.9 Å². The molecule has 0 spiro atoms. The molecule has 0 unspecified atom stereocenters. The third kappa shape index (κ3) is 4.30. The lowest BCUT2D eigenvalue weighted by atomic mass is 10.0. The lowest BCUT2D eigenvalue weighted by Crippen LogP contribution is -2.42. The maximum atomic E-state index is 14.2. The molecule has 1 fully saturated rings. The van der Waals surface area contributed by atoms with Crippen molar-refractivity contribution >= 4 is 40.5 Å². The zero-order valence-corrected chi connectivity index (χ0v) is 17.9. The molecule has 1 saturated heterocycles. The molecule has 2 heterocycles. The summed E-state index contributed by atoms with van der Waals surface area (Å²) in [5.74, 6) is -1.30. The van der Waals surface area contributed by atoms with E-state index in [-0.39, 0.29) is 43.2 Å². The smallest absolute Gasteiger partial charge is 0.243 e. The molecule has 0 bridgehead atoms. The fourth-order valence-corrected chi connectivity index (χ4v) is 4.46. The molecule has 3 aromatic rings. The summed E-state index contributed by atoms with van der Waals surface area (Å²) in [6, 6.07) is 10.9. The normalized spacial score (nSPS) is 18.3. The van der Waals surface area contributed by atoms with Crippen molar-refractivity contribution in [1.29, 1.82) is 0 Å². The highest BCUT2D eigenvalue weighted by Crippen LogP contribution is 2.26. The van der Waals surface area contributed by atoms with E-state index in [1.807, 2.05) is 0 Å². The summed E-state index contributed by atoms with van der Waals surface area (Å²) in [5.41, 5.74) is 1.46. The first kappa shape index (κ1) is 22.1. The van der Waals surface area contributed by atoms with Gasteiger partial charge in [-0.2, -0.15) is 0 Å². The molecule has 2 aromatic carbocycles. The fraction of sp³-hybridized carbons (Fsp3) is 0.292. The highest BCUT2D eigenvalue weighted by atomic mass is 35.5. The molecule has 1 amide bonds. The zero-order chi connectivity index (χ0) is 22.8. The predicted molar refractivity (Wildman–Crippen MR) is 117 cm³/mol. The first-order valence-corrected chi connectivity index (χ1v) is 10.7. The van der Waals surface area contributed by atoms with Crippen LogP contribution in [0.5, 0.6) is 0 Å². The van der Waals surface area contributed by atoms with E-state index in [0.29, 0.717) is 16.6 Å². The van der Waals surface area contributed by atoms with Crippen LogP contribution in [0.2, 0.25) is 5.02 Å². The third-order valence-corrected chi connectivity index (χ3v) is 6.16. The molecule has 1 aliphatic rings. The van der Waals surface area contributed by atoms with Crippen LogP contribution in [0, 0.1) is 5.82 Å². The van der Waals surface area contributed by atoms with Crippen molar-refractivity contribution in [2.45, 2.75) is 38.0 Å². The van der Waals surface area contributed by atoms with Gasteiger partial charge in [-0.1, -0.05) is 41.9 Å². The number of amides is 1. The van der Waals surface area contributed by atoms with Crippen molar-refractivity contribution in [2.24, 2.45) is 0 Å². The molecule has 5 nitrogen and oxygen atoms in total. The SMILES string of the molecule is O=Cc1cn(CC(=O)N2C[C@H](F)C[C@H]2C(=O)CCc2cccc(Cl)c2F)c2ccccc12. The van der Waals surface area contributed by atoms with Gasteiger partial charge in [-0.3, -0.25) is 14.4 Å². The van der Waals surface area contributed by atoms with Crippen LogP contribution in [-0.4, -0.2) is 46.2 Å². The number of aromatic nitrogens is 1. The van der Waals surface area contributed by atoms with Crippen molar-refractivity contribution in [2.75, 3.05) is 6.54 Å². The second-order valence-electron chi connectivity index (χ2n) is 7.92. The van der Waals surface area contributed by atoms with Gasteiger partial charge in [-0.25, -0.2) is 8.78 Å². The summed E-state index contributed by atoms with van der Waals surface area (Å²) in [4.78, 5) is 38.4. The Kier molecular flexibility index (Phi) is 6.37. The summed E-state index contributed by atoms with van der Waals surface area (Å²) >= 11 is 5.78. The third-order valence-electron chi connectivity index (χ3n) is 5.87. The number of carbonyl (C=O) groups is 3. The second kappa shape index (κ2) is 9.20. The Balaban J connectivity index is 1.49. The molecule has 0 aliphatic carbocycles. The molecule has 1 aromatic heterocycles. The number of hydrogen-bond donors (Lipinski definition) is 0. The molecular formula is C24H21ClF2N2O3. The molecule has 0 N–H and O–H groups in total. The van der Waals surface area contributed by atoms with E-state index >= 15 is 0 Å². The number of alkyl halides is 1. The molecule has 1 aliphatic heterocycles. The second-order valence-corrected chi connectivity index (χ2v) is 8.33. The van der Waals surface area contributed by atoms with Crippen LogP contribution in [-0.2, 0) is 22.6 Å². The van der Waals surface area contributed by atoms with Gasteiger partial charge in [0.05, 0.1) is 17.6 Å². The highest BCUT2D eigenvalue weighted by molar-refractivity contribution is 6.30. The van der Waals surface area contributed by atoms with E-state index in [1.54, 1.807) is 47.2 Å². The number of fused-ring (bicyclic) bond motifs is 1. The van der Waals surface area contributed by atoms with Gasteiger partial charge < -0.3 is 9.47 Å². The topological polar surface area (TPSA) is 59.4 Å². The van der Waals surface area contributed by atoms with E-state index in [4.69, 9.17) is 11.6 Å². The van der Waals surface area contributed by atoms with E-state index in [9.17, 15) is 23.2 Å². The number of likely N-dealkylation sites (tertiary alicyclic amines) is 1. The van der Waals surface area contributed by atoms with Crippen LogP contribution in [0.4, 0.5) is 8.78 Å². The number of para-hydroxylation sites is 1. The summed E-state index contributed by atoms with van der Waals surface area (Å²) in [6.45, 7) is -0.283. The quantitative estimate of drug-likeness (QED) is 0.493. The minimum atomic E-state index is -1.30. The number of aryl methyl sites for hydroxylation is 1. The summed E-state index contributed by atoms with van der Waals surface area (Å²) in [5, 5.41) is 0.696. The van der Waals surface area contributed by atoms with Crippen molar-refractivity contribution in [3.8, 4) is 0 Å². The molecule has 32 heavy (non-hydrogen) atoms. The van der Waals surface area contributed by atoms with Gasteiger partial charge in [0.1, 0.15) is 18.5 Å². The average Bonchev–Trinajstić information content (AvgIpc) is 3.35. The number of nitrogens with zero attached hydrogens (tertiary/aromatic N) is 2. The van der Waals surface area contributed by atoms with Crippen LogP contribution >= 0.6 is 11.6 Å². The summed E-state index contributed by atoms with van der Waals surface area (Å²) < 4.78 is 29.9. The number of aldehydes is 1. The number of ketones is 1. The Morgan fingerprint density at radius 1 is 1.16 bits per heavy atom. The van der Waals surface area contributed by atoms with Gasteiger partial charge in [0.2, 0.25) is 5.91 Å². The molecule has 166 valence electrons. The van der Waals surface area contributed by atoms with Crippen LogP contribution in [0.15, 0.2) is 48.7 Å².